The highest BCUT2D eigenvalue weighted by atomic mass is 32.2. The van der Waals surface area contributed by atoms with Gasteiger partial charge in [-0.1, -0.05) is 29.8 Å². The molecule has 0 saturated carbocycles. The van der Waals surface area contributed by atoms with Crippen molar-refractivity contribution in [1.29, 1.82) is 0 Å². The molecule has 1 atom stereocenters. The van der Waals surface area contributed by atoms with Crippen LogP contribution in [0.15, 0.2) is 165 Å². The highest BCUT2D eigenvalue weighted by Gasteiger charge is 2.29. The first-order valence-corrected chi connectivity index (χ1v) is 19.2. The zero-order valence-electron chi connectivity index (χ0n) is 29.1. The van der Waals surface area contributed by atoms with Gasteiger partial charge in [0.05, 0.1) is 27.2 Å². The molecule has 0 radical (unpaired) electrons. The number of benzene rings is 4. The summed E-state index contributed by atoms with van der Waals surface area (Å²) in [5.41, 5.74) is 2.71. The van der Waals surface area contributed by atoms with Gasteiger partial charge in [0.25, 0.3) is 0 Å². The summed E-state index contributed by atoms with van der Waals surface area (Å²) in [5.74, 6) is 2.37. The molecule has 52 heavy (non-hydrogen) atoms. The molecule has 0 aliphatic rings. The monoisotopic (exact) mass is 736 g/mol. The SMILES string of the molecule is CCOC(C)Oc1ccc([S+](c2ccc(OCc3ccccn3)cc2)c2ccc(OCc3ccccn3)cc2)cc1.Cc1ccc(S(=O)(=O)[O-])cc1. The molecule has 0 fully saturated rings. The second-order valence-electron chi connectivity index (χ2n) is 11.3. The van der Waals surface area contributed by atoms with Gasteiger partial charge in [-0.3, -0.25) is 9.97 Å². The second-order valence-corrected chi connectivity index (χ2v) is 14.8. The molecule has 0 saturated heterocycles. The second kappa shape index (κ2) is 18.9. The molecule has 0 amide bonds. The third-order valence-corrected chi connectivity index (χ3v) is 10.5. The van der Waals surface area contributed by atoms with Crippen LogP contribution in [0.2, 0.25) is 0 Å². The van der Waals surface area contributed by atoms with E-state index in [1.54, 1.807) is 24.5 Å². The van der Waals surface area contributed by atoms with Gasteiger partial charge in [-0.05, 0) is 130 Å². The first-order chi connectivity index (χ1) is 25.2. The molecular formula is C41H40N2O7S2. The first kappa shape index (κ1) is 38.0. The van der Waals surface area contributed by atoms with Gasteiger partial charge in [-0.15, -0.1) is 0 Å². The maximum atomic E-state index is 10.4. The van der Waals surface area contributed by atoms with E-state index in [1.165, 1.54) is 26.8 Å². The smallest absolute Gasteiger partial charge is 0.196 e. The van der Waals surface area contributed by atoms with Gasteiger partial charge in [-0.2, -0.15) is 0 Å². The zero-order valence-corrected chi connectivity index (χ0v) is 30.8. The highest BCUT2D eigenvalue weighted by molar-refractivity contribution is 7.97. The minimum absolute atomic E-state index is 0.178. The molecule has 0 spiro atoms. The number of rotatable bonds is 14. The Morgan fingerprint density at radius 1 is 0.635 bits per heavy atom. The number of hydrogen-bond acceptors (Lipinski definition) is 9. The van der Waals surface area contributed by atoms with Crippen molar-refractivity contribution in [3.05, 3.63) is 163 Å². The average Bonchev–Trinajstić information content (AvgIpc) is 3.16. The summed E-state index contributed by atoms with van der Waals surface area (Å²) in [7, 11) is -4.63. The zero-order chi connectivity index (χ0) is 36.8. The van der Waals surface area contributed by atoms with Gasteiger partial charge < -0.3 is 23.5 Å². The fraction of sp³-hybridized carbons (Fsp3) is 0.171. The third kappa shape index (κ3) is 11.7. The van der Waals surface area contributed by atoms with Crippen LogP contribution in [0, 0.1) is 6.92 Å². The number of aromatic nitrogens is 2. The first-order valence-electron chi connectivity index (χ1n) is 16.6. The van der Waals surface area contributed by atoms with Crippen LogP contribution in [-0.2, 0) is 39.0 Å². The Morgan fingerprint density at radius 2 is 1.08 bits per heavy atom. The van der Waals surface area contributed by atoms with E-state index in [0.717, 1.165) is 34.2 Å². The lowest BCUT2D eigenvalue weighted by Gasteiger charge is -2.15. The van der Waals surface area contributed by atoms with Crippen LogP contribution in [0.4, 0.5) is 0 Å². The van der Waals surface area contributed by atoms with Crippen LogP contribution < -0.4 is 14.2 Å². The van der Waals surface area contributed by atoms with Crippen LogP contribution in [0.25, 0.3) is 0 Å². The lowest BCUT2D eigenvalue weighted by atomic mass is 10.2. The topological polar surface area (TPSA) is 120 Å². The van der Waals surface area contributed by atoms with Crippen molar-refractivity contribution in [3.63, 3.8) is 0 Å². The van der Waals surface area contributed by atoms with Crippen molar-refractivity contribution < 1.29 is 31.9 Å². The quantitative estimate of drug-likeness (QED) is 0.0617. The maximum Gasteiger partial charge on any atom is 0.196 e. The van der Waals surface area contributed by atoms with Crippen LogP contribution in [0.3, 0.4) is 0 Å². The number of ether oxygens (including phenoxy) is 4. The van der Waals surface area contributed by atoms with Crippen LogP contribution >= 0.6 is 0 Å². The lowest BCUT2D eigenvalue weighted by molar-refractivity contribution is -0.0613. The van der Waals surface area contributed by atoms with E-state index in [-0.39, 0.29) is 22.1 Å². The van der Waals surface area contributed by atoms with E-state index in [1.807, 2.05) is 93.6 Å². The Kier molecular flexibility index (Phi) is 13.8. The molecule has 268 valence electrons. The lowest BCUT2D eigenvalue weighted by Crippen LogP contribution is -2.15. The Bertz CT molecular complexity index is 1960. The van der Waals surface area contributed by atoms with Gasteiger partial charge in [0, 0.05) is 19.0 Å². The Hall–Kier alpha value is -5.20. The molecular weight excluding hydrogens is 697 g/mol. The molecule has 2 heterocycles. The van der Waals surface area contributed by atoms with Crippen molar-refractivity contribution in [2.75, 3.05) is 6.61 Å². The number of hydrogen-bond donors (Lipinski definition) is 0. The predicted molar refractivity (Wildman–Crippen MR) is 199 cm³/mol. The molecule has 0 N–H and O–H groups in total. The van der Waals surface area contributed by atoms with Crippen molar-refractivity contribution in [2.24, 2.45) is 0 Å². The molecule has 11 heteroatoms. The average molecular weight is 737 g/mol. The minimum atomic E-state index is -4.27. The Labute approximate surface area is 308 Å². The largest absolute Gasteiger partial charge is 0.744 e. The summed E-state index contributed by atoms with van der Waals surface area (Å²) in [4.78, 5) is 12.0. The molecule has 0 aliphatic heterocycles. The molecule has 6 rings (SSSR count). The standard InChI is InChI=1S/C34H33N2O4S.C7H8O3S/c1-3-37-26(2)40-31-14-20-34(21-15-31)41(32-16-10-29(11-17-32)38-24-27-8-4-6-22-35-27)33-18-12-30(13-19-33)39-25-28-9-5-7-23-36-28;1-6-2-4-7(5-3-6)11(8,9)10/h4-23,26H,3,24-25H2,1-2H3;2-5H,1H3,(H,8,9,10)/q+1;/p-1. The van der Waals surface area contributed by atoms with Crippen LogP contribution in [0.1, 0.15) is 30.8 Å². The van der Waals surface area contributed by atoms with Gasteiger partial charge in [0.15, 0.2) is 21.0 Å². The number of aryl methyl sites for hydroxylation is 1. The predicted octanol–water partition coefficient (Wildman–Crippen LogP) is 8.39. The van der Waals surface area contributed by atoms with Crippen LogP contribution in [-0.4, -0.2) is 35.8 Å². The normalized spacial score (nSPS) is 11.6. The summed E-state index contributed by atoms with van der Waals surface area (Å²) in [6.45, 7) is 7.13. The van der Waals surface area contributed by atoms with E-state index >= 15 is 0 Å². The van der Waals surface area contributed by atoms with E-state index in [2.05, 4.69) is 46.4 Å². The summed E-state index contributed by atoms with van der Waals surface area (Å²) >= 11 is 0. The van der Waals surface area contributed by atoms with Gasteiger partial charge in [0.1, 0.15) is 40.6 Å². The summed E-state index contributed by atoms with van der Waals surface area (Å²) in [5, 5.41) is 0. The van der Waals surface area contributed by atoms with E-state index in [0.29, 0.717) is 19.8 Å². The van der Waals surface area contributed by atoms with Crippen molar-refractivity contribution in [3.8, 4) is 17.2 Å². The Balaban J connectivity index is 0.000000407. The van der Waals surface area contributed by atoms with Gasteiger partial charge in [-0.25, -0.2) is 8.42 Å². The van der Waals surface area contributed by atoms with E-state index in [9.17, 15) is 13.0 Å². The fourth-order valence-corrected chi connectivity index (χ4v) is 7.36. The molecule has 0 bridgehead atoms. The maximum absolute atomic E-state index is 10.4. The van der Waals surface area contributed by atoms with Gasteiger partial charge in [0.2, 0.25) is 0 Å². The molecule has 2 aromatic heterocycles. The number of pyridine rings is 2. The summed E-state index contributed by atoms with van der Waals surface area (Å²) in [6, 6.07) is 42.2. The molecule has 1 unspecified atom stereocenters. The molecule has 9 nitrogen and oxygen atoms in total. The number of nitrogens with zero attached hydrogens (tertiary/aromatic N) is 2. The van der Waals surface area contributed by atoms with Crippen molar-refractivity contribution in [1.82, 2.24) is 9.97 Å². The van der Waals surface area contributed by atoms with Crippen molar-refractivity contribution >= 4 is 21.0 Å². The molecule has 6 aromatic rings. The molecule has 4 aromatic carbocycles. The fourth-order valence-electron chi connectivity index (χ4n) is 4.85. The van der Waals surface area contributed by atoms with Gasteiger partial charge >= 0.3 is 0 Å². The van der Waals surface area contributed by atoms with E-state index in [4.69, 9.17) is 18.9 Å². The highest BCUT2D eigenvalue weighted by Crippen LogP contribution is 2.34. The summed E-state index contributed by atoms with van der Waals surface area (Å²) < 4.78 is 54.6. The summed E-state index contributed by atoms with van der Waals surface area (Å²) in [6.07, 6.45) is 3.24. The van der Waals surface area contributed by atoms with Crippen LogP contribution in [0.5, 0.6) is 17.2 Å². The molecule has 0 aliphatic carbocycles. The minimum Gasteiger partial charge on any atom is -0.744 e. The Morgan fingerprint density at radius 3 is 1.46 bits per heavy atom. The van der Waals surface area contributed by atoms with E-state index < -0.39 is 10.1 Å². The third-order valence-electron chi connectivity index (χ3n) is 7.42. The van der Waals surface area contributed by atoms with Crippen molar-refractivity contribution in [2.45, 2.75) is 59.9 Å².